The Hall–Kier alpha value is -2.84. The summed E-state index contributed by atoms with van der Waals surface area (Å²) in [5.74, 6) is 2.73. The van der Waals surface area contributed by atoms with Gasteiger partial charge in [0.15, 0.2) is 5.82 Å². The van der Waals surface area contributed by atoms with Crippen LogP contribution < -0.4 is 10.6 Å². The first kappa shape index (κ1) is 19.1. The molecule has 1 spiro atoms. The van der Waals surface area contributed by atoms with E-state index in [1.54, 1.807) is 6.20 Å². The van der Waals surface area contributed by atoms with E-state index in [0.717, 1.165) is 37.3 Å². The summed E-state index contributed by atoms with van der Waals surface area (Å²) in [5, 5.41) is 23.4. The van der Waals surface area contributed by atoms with Gasteiger partial charge >= 0.3 is 6.09 Å². The van der Waals surface area contributed by atoms with Crippen molar-refractivity contribution in [2.24, 2.45) is 5.41 Å². The van der Waals surface area contributed by atoms with Crippen LogP contribution in [0.15, 0.2) is 18.3 Å². The van der Waals surface area contributed by atoms with E-state index in [2.05, 4.69) is 36.9 Å². The molecule has 1 saturated heterocycles. The number of hydrogen-bond acceptors (Lipinski definition) is 6. The average Bonchev–Trinajstić information content (AvgIpc) is 3.39. The van der Waals surface area contributed by atoms with Crippen LogP contribution in [-0.4, -0.2) is 55.4 Å². The van der Waals surface area contributed by atoms with Gasteiger partial charge in [-0.3, -0.25) is 5.10 Å². The van der Waals surface area contributed by atoms with Crippen LogP contribution in [0.4, 0.5) is 22.4 Å². The number of carboxylic acid groups (broad SMARTS) is 1. The summed E-state index contributed by atoms with van der Waals surface area (Å²) in [6.07, 6.45) is 10.1. The molecule has 0 atom stereocenters. The Balaban J connectivity index is 1.15. The lowest BCUT2D eigenvalue weighted by molar-refractivity contribution is -0.0171. The van der Waals surface area contributed by atoms with Crippen molar-refractivity contribution in [3.8, 4) is 0 Å². The van der Waals surface area contributed by atoms with Crippen LogP contribution >= 0.6 is 0 Å². The van der Waals surface area contributed by atoms with Gasteiger partial charge in [0.2, 0.25) is 5.95 Å². The molecule has 3 heterocycles. The monoisotopic (exact) mass is 411 g/mol. The quantitative estimate of drug-likeness (QED) is 0.588. The first-order chi connectivity index (χ1) is 14.6. The minimum absolute atomic E-state index is 0.192. The number of amides is 1. The third-order valence-electron chi connectivity index (χ3n) is 7.01. The number of rotatable bonds is 5. The molecule has 2 aromatic rings. The number of H-pyrrole nitrogens is 1. The van der Waals surface area contributed by atoms with E-state index in [9.17, 15) is 4.79 Å². The van der Waals surface area contributed by atoms with Crippen LogP contribution in [0.25, 0.3) is 0 Å². The maximum atomic E-state index is 11.0. The molecule has 3 aliphatic rings. The van der Waals surface area contributed by atoms with E-state index in [0.29, 0.717) is 31.0 Å². The molecular formula is C21H29N7O2. The summed E-state index contributed by atoms with van der Waals surface area (Å²) in [6.45, 7) is 1.36. The Labute approximate surface area is 175 Å². The molecule has 0 bridgehead atoms. The number of nitrogens with one attached hydrogen (secondary N) is 3. The van der Waals surface area contributed by atoms with Crippen LogP contribution in [0.5, 0.6) is 0 Å². The van der Waals surface area contributed by atoms with Gasteiger partial charge in [-0.25, -0.2) is 9.78 Å². The number of hydrogen-bond donors (Lipinski definition) is 4. The Morgan fingerprint density at radius 1 is 1.17 bits per heavy atom. The molecule has 5 rings (SSSR count). The fraction of sp³-hybridized carbons (Fsp3) is 0.619. The summed E-state index contributed by atoms with van der Waals surface area (Å²) in [7, 11) is 0. The number of carbonyl (C=O) groups is 1. The van der Waals surface area contributed by atoms with Crippen LogP contribution in [-0.2, 0) is 0 Å². The van der Waals surface area contributed by atoms with Crippen LogP contribution in [0.1, 0.15) is 63.0 Å². The average molecular weight is 412 g/mol. The fourth-order valence-electron chi connectivity index (χ4n) is 5.25. The Kier molecular flexibility index (Phi) is 4.96. The second-order valence-corrected chi connectivity index (χ2v) is 9.14. The van der Waals surface area contributed by atoms with Gasteiger partial charge < -0.3 is 20.6 Å². The summed E-state index contributed by atoms with van der Waals surface area (Å²) in [6, 6.07) is 4.26. The SMILES string of the molecule is O=C(O)N1CC2(CCC(Nc3nccc(Nc4cc(C5CCCC5)[nH]n4)n3)CC2)C1. The van der Waals surface area contributed by atoms with Crippen molar-refractivity contribution in [1.29, 1.82) is 0 Å². The maximum absolute atomic E-state index is 11.0. The Morgan fingerprint density at radius 3 is 2.67 bits per heavy atom. The van der Waals surface area contributed by atoms with Crippen molar-refractivity contribution in [1.82, 2.24) is 25.1 Å². The zero-order valence-corrected chi connectivity index (χ0v) is 17.1. The summed E-state index contributed by atoms with van der Waals surface area (Å²) < 4.78 is 0. The lowest BCUT2D eigenvalue weighted by Crippen LogP contribution is -2.59. The third kappa shape index (κ3) is 3.93. The molecule has 0 aromatic carbocycles. The minimum atomic E-state index is -0.800. The van der Waals surface area contributed by atoms with Gasteiger partial charge in [-0.15, -0.1) is 0 Å². The van der Waals surface area contributed by atoms with Crippen molar-refractivity contribution in [2.75, 3.05) is 23.7 Å². The smallest absolute Gasteiger partial charge is 0.407 e. The molecule has 9 heteroatoms. The Morgan fingerprint density at radius 2 is 1.93 bits per heavy atom. The summed E-state index contributed by atoms with van der Waals surface area (Å²) in [4.78, 5) is 21.5. The molecule has 160 valence electrons. The molecule has 2 aliphatic carbocycles. The number of aromatic nitrogens is 4. The van der Waals surface area contributed by atoms with Gasteiger partial charge in [-0.2, -0.15) is 10.1 Å². The predicted octanol–water partition coefficient (Wildman–Crippen LogP) is 3.94. The second kappa shape index (κ2) is 7.77. The molecule has 3 fully saturated rings. The highest BCUT2D eigenvalue weighted by molar-refractivity contribution is 5.66. The first-order valence-corrected chi connectivity index (χ1v) is 11.0. The molecule has 2 aromatic heterocycles. The van der Waals surface area contributed by atoms with E-state index in [1.165, 1.54) is 36.3 Å². The van der Waals surface area contributed by atoms with Crippen LogP contribution in [0.3, 0.4) is 0 Å². The first-order valence-electron chi connectivity index (χ1n) is 11.0. The van der Waals surface area contributed by atoms with Gasteiger partial charge in [-0.1, -0.05) is 12.8 Å². The van der Waals surface area contributed by atoms with Crippen molar-refractivity contribution in [3.63, 3.8) is 0 Å². The largest absolute Gasteiger partial charge is 0.465 e. The molecule has 0 unspecified atom stereocenters. The number of likely N-dealkylation sites (tertiary alicyclic amines) is 1. The summed E-state index contributed by atoms with van der Waals surface area (Å²) >= 11 is 0. The van der Waals surface area contributed by atoms with E-state index in [1.807, 2.05) is 6.07 Å². The fourth-order valence-corrected chi connectivity index (χ4v) is 5.25. The highest BCUT2D eigenvalue weighted by Crippen LogP contribution is 2.44. The van der Waals surface area contributed by atoms with Crippen molar-refractivity contribution >= 4 is 23.7 Å². The Bertz CT molecular complexity index is 892. The van der Waals surface area contributed by atoms with Gasteiger partial charge in [0, 0.05) is 48.4 Å². The van der Waals surface area contributed by atoms with Gasteiger partial charge in [0.25, 0.3) is 0 Å². The molecule has 4 N–H and O–H groups in total. The zero-order chi connectivity index (χ0) is 20.6. The van der Waals surface area contributed by atoms with Crippen molar-refractivity contribution < 1.29 is 9.90 Å². The van der Waals surface area contributed by atoms with Gasteiger partial charge in [0.05, 0.1) is 0 Å². The standard InChI is InChI=1S/C21H29N7O2/c29-20(30)28-12-21(13-28)8-5-15(6-9-21)23-19-22-10-7-17(25-19)24-18-11-16(26-27-18)14-3-1-2-4-14/h7,10-11,14-15H,1-6,8-9,12-13H2,(H,29,30)(H3,22,23,24,25,26,27). The van der Waals surface area contributed by atoms with Crippen molar-refractivity contribution in [2.45, 2.75) is 63.3 Å². The zero-order valence-electron chi connectivity index (χ0n) is 17.1. The molecule has 1 aliphatic heterocycles. The highest BCUT2D eigenvalue weighted by atomic mass is 16.4. The van der Waals surface area contributed by atoms with E-state index in [-0.39, 0.29) is 5.41 Å². The van der Waals surface area contributed by atoms with Crippen LogP contribution in [0, 0.1) is 5.41 Å². The minimum Gasteiger partial charge on any atom is -0.465 e. The van der Waals surface area contributed by atoms with Crippen molar-refractivity contribution in [3.05, 3.63) is 24.0 Å². The lowest BCUT2D eigenvalue weighted by Gasteiger charge is -2.52. The number of anilines is 3. The van der Waals surface area contributed by atoms with E-state index in [4.69, 9.17) is 5.11 Å². The molecule has 30 heavy (non-hydrogen) atoms. The van der Waals surface area contributed by atoms with E-state index >= 15 is 0 Å². The summed E-state index contributed by atoms with van der Waals surface area (Å²) in [5.41, 5.74) is 1.40. The predicted molar refractivity (Wildman–Crippen MR) is 113 cm³/mol. The van der Waals surface area contributed by atoms with Crippen LogP contribution in [0.2, 0.25) is 0 Å². The molecule has 1 amide bonds. The second-order valence-electron chi connectivity index (χ2n) is 9.14. The maximum Gasteiger partial charge on any atom is 0.407 e. The molecule has 9 nitrogen and oxygen atoms in total. The number of aromatic amines is 1. The van der Waals surface area contributed by atoms with Gasteiger partial charge in [0.1, 0.15) is 5.82 Å². The topological polar surface area (TPSA) is 119 Å². The molecule has 0 radical (unpaired) electrons. The molecular weight excluding hydrogens is 382 g/mol. The lowest BCUT2D eigenvalue weighted by atomic mass is 9.67. The normalized spacial score (nSPS) is 21.5. The van der Waals surface area contributed by atoms with E-state index < -0.39 is 6.09 Å². The van der Waals surface area contributed by atoms with Gasteiger partial charge in [-0.05, 0) is 44.6 Å². The highest BCUT2D eigenvalue weighted by Gasteiger charge is 2.47. The molecule has 2 saturated carbocycles. The number of nitrogens with zero attached hydrogens (tertiary/aromatic N) is 4. The third-order valence-corrected chi connectivity index (χ3v) is 7.01.